The van der Waals surface area contributed by atoms with Crippen LogP contribution in [0.15, 0.2) is 48.5 Å². The Bertz CT molecular complexity index is 950. The smallest absolute Gasteiger partial charge is 0.267 e. The highest BCUT2D eigenvalue weighted by atomic mass is 19.1. The number of aromatic nitrogens is 1. The molecule has 2 aromatic carbocycles. The van der Waals surface area contributed by atoms with Crippen molar-refractivity contribution in [2.45, 2.75) is 12.5 Å². The summed E-state index contributed by atoms with van der Waals surface area (Å²) in [7, 11) is 0. The topological polar surface area (TPSA) is 82.9 Å². The molecule has 0 aliphatic carbocycles. The standard InChI is InChI=1S/C21H23FN4O/c22-17-5-3-14(4-6-17)15-1-2-16-9-20(26-19(16)8-15)21(27)25-12-18-7-13(10-23)11-24-18/h1-6,8-9,13,18,24,26H,7,10-12,23H2,(H,25,27)/t13-,18+/m1/s1. The molecule has 1 aliphatic rings. The van der Waals surface area contributed by atoms with E-state index < -0.39 is 0 Å². The van der Waals surface area contributed by atoms with Crippen LogP contribution in [0.25, 0.3) is 22.0 Å². The predicted octanol–water partition coefficient (Wildman–Crippen LogP) is 2.64. The zero-order chi connectivity index (χ0) is 18.8. The normalized spacial score (nSPS) is 19.5. The Labute approximate surface area is 157 Å². The number of hydrogen-bond acceptors (Lipinski definition) is 3. The van der Waals surface area contributed by atoms with Gasteiger partial charge >= 0.3 is 0 Å². The largest absolute Gasteiger partial charge is 0.351 e. The first-order valence-electron chi connectivity index (χ1n) is 9.23. The third-order valence-electron chi connectivity index (χ3n) is 5.20. The van der Waals surface area contributed by atoms with Gasteiger partial charge < -0.3 is 21.4 Å². The van der Waals surface area contributed by atoms with Crippen LogP contribution in [-0.2, 0) is 0 Å². The van der Waals surface area contributed by atoms with Crippen LogP contribution in [0.3, 0.4) is 0 Å². The van der Waals surface area contributed by atoms with E-state index in [0.29, 0.717) is 24.7 Å². The maximum Gasteiger partial charge on any atom is 0.267 e. The maximum absolute atomic E-state index is 13.1. The van der Waals surface area contributed by atoms with Crippen molar-refractivity contribution < 1.29 is 9.18 Å². The number of rotatable bonds is 5. The van der Waals surface area contributed by atoms with E-state index in [1.807, 2.05) is 24.3 Å². The van der Waals surface area contributed by atoms with Crippen LogP contribution in [0.2, 0.25) is 0 Å². The number of aromatic amines is 1. The number of hydrogen-bond donors (Lipinski definition) is 4. The van der Waals surface area contributed by atoms with Gasteiger partial charge in [0.2, 0.25) is 0 Å². The van der Waals surface area contributed by atoms with Crippen LogP contribution in [0, 0.1) is 11.7 Å². The second-order valence-electron chi connectivity index (χ2n) is 7.14. The molecular weight excluding hydrogens is 343 g/mol. The lowest BCUT2D eigenvalue weighted by Gasteiger charge is -2.11. The van der Waals surface area contributed by atoms with Gasteiger partial charge in [0, 0.05) is 23.5 Å². The third-order valence-corrected chi connectivity index (χ3v) is 5.20. The van der Waals surface area contributed by atoms with Crippen LogP contribution in [0.5, 0.6) is 0 Å². The fraction of sp³-hybridized carbons (Fsp3) is 0.286. The second kappa shape index (κ2) is 7.50. The van der Waals surface area contributed by atoms with Gasteiger partial charge in [-0.1, -0.05) is 24.3 Å². The number of carbonyl (C=O) groups excluding carboxylic acids is 1. The Morgan fingerprint density at radius 3 is 2.67 bits per heavy atom. The third kappa shape index (κ3) is 3.86. The molecule has 0 spiro atoms. The SMILES string of the molecule is NC[C@@H]1CN[C@H](CNC(=O)c2cc3ccc(-c4ccc(F)cc4)cc3[nH]2)C1. The summed E-state index contributed by atoms with van der Waals surface area (Å²) in [5.74, 6) is 0.116. The average Bonchev–Trinajstić information content (AvgIpc) is 3.32. The van der Waals surface area contributed by atoms with Gasteiger partial charge in [-0.3, -0.25) is 4.79 Å². The van der Waals surface area contributed by atoms with Crippen molar-refractivity contribution >= 4 is 16.8 Å². The Balaban J connectivity index is 1.46. The highest BCUT2D eigenvalue weighted by molar-refractivity contribution is 5.98. The molecule has 2 heterocycles. The van der Waals surface area contributed by atoms with E-state index in [4.69, 9.17) is 5.73 Å². The first-order chi connectivity index (χ1) is 13.1. The van der Waals surface area contributed by atoms with Gasteiger partial charge in [0.15, 0.2) is 0 Å². The van der Waals surface area contributed by atoms with Crippen LogP contribution in [-0.4, -0.2) is 36.6 Å². The Kier molecular flexibility index (Phi) is 4.92. The minimum absolute atomic E-state index is 0.118. The fourth-order valence-electron chi connectivity index (χ4n) is 3.62. The van der Waals surface area contributed by atoms with Crippen molar-refractivity contribution in [1.29, 1.82) is 0 Å². The maximum atomic E-state index is 13.1. The zero-order valence-electron chi connectivity index (χ0n) is 15.0. The number of halogens is 1. The summed E-state index contributed by atoms with van der Waals surface area (Å²) in [5, 5.41) is 7.34. The number of fused-ring (bicyclic) bond motifs is 1. The molecule has 1 aromatic heterocycles. The van der Waals surface area contributed by atoms with Crippen LogP contribution >= 0.6 is 0 Å². The van der Waals surface area contributed by atoms with E-state index in [1.54, 1.807) is 12.1 Å². The molecule has 140 valence electrons. The van der Waals surface area contributed by atoms with Gasteiger partial charge in [-0.25, -0.2) is 4.39 Å². The molecule has 5 nitrogen and oxygen atoms in total. The molecule has 6 heteroatoms. The molecule has 3 aromatic rings. The number of nitrogens with two attached hydrogens (primary N) is 1. The molecule has 0 saturated carbocycles. The highest BCUT2D eigenvalue weighted by Gasteiger charge is 2.23. The van der Waals surface area contributed by atoms with E-state index in [-0.39, 0.29) is 17.8 Å². The lowest BCUT2D eigenvalue weighted by atomic mass is 10.0. The van der Waals surface area contributed by atoms with Gasteiger partial charge in [-0.15, -0.1) is 0 Å². The van der Waals surface area contributed by atoms with Crippen molar-refractivity contribution in [3.05, 3.63) is 60.0 Å². The monoisotopic (exact) mass is 366 g/mol. The lowest BCUT2D eigenvalue weighted by Crippen LogP contribution is -2.37. The lowest BCUT2D eigenvalue weighted by molar-refractivity contribution is 0.0946. The molecule has 27 heavy (non-hydrogen) atoms. The number of H-pyrrole nitrogens is 1. The second-order valence-corrected chi connectivity index (χ2v) is 7.14. The first kappa shape index (κ1) is 17.7. The summed E-state index contributed by atoms with van der Waals surface area (Å²) >= 11 is 0. The van der Waals surface area contributed by atoms with Crippen LogP contribution in [0.4, 0.5) is 4.39 Å². The molecule has 0 bridgehead atoms. The molecule has 0 unspecified atom stereocenters. The van der Waals surface area contributed by atoms with Gasteiger partial charge in [-0.2, -0.15) is 0 Å². The summed E-state index contributed by atoms with van der Waals surface area (Å²) in [6.45, 7) is 2.18. The van der Waals surface area contributed by atoms with E-state index >= 15 is 0 Å². The van der Waals surface area contributed by atoms with Crippen molar-refractivity contribution in [1.82, 2.24) is 15.6 Å². The molecule has 0 radical (unpaired) electrons. The van der Waals surface area contributed by atoms with Crippen molar-refractivity contribution in [3.8, 4) is 11.1 Å². The Morgan fingerprint density at radius 2 is 1.93 bits per heavy atom. The van der Waals surface area contributed by atoms with E-state index in [9.17, 15) is 9.18 Å². The van der Waals surface area contributed by atoms with Gasteiger partial charge in [0.25, 0.3) is 5.91 Å². The summed E-state index contributed by atoms with van der Waals surface area (Å²) in [4.78, 5) is 15.7. The van der Waals surface area contributed by atoms with Gasteiger partial charge in [-0.05, 0) is 60.8 Å². The summed E-state index contributed by atoms with van der Waals surface area (Å²) < 4.78 is 13.1. The highest BCUT2D eigenvalue weighted by Crippen LogP contribution is 2.25. The summed E-state index contributed by atoms with van der Waals surface area (Å²) in [5.41, 5.74) is 9.02. The first-order valence-corrected chi connectivity index (χ1v) is 9.23. The minimum Gasteiger partial charge on any atom is -0.351 e. The molecular formula is C21H23FN4O. The predicted molar refractivity (Wildman–Crippen MR) is 105 cm³/mol. The van der Waals surface area contributed by atoms with Gasteiger partial charge in [0.1, 0.15) is 11.5 Å². The molecule has 1 amide bonds. The summed E-state index contributed by atoms with van der Waals surface area (Å²) in [6.07, 6.45) is 0.991. The summed E-state index contributed by atoms with van der Waals surface area (Å²) in [6, 6.07) is 14.4. The van der Waals surface area contributed by atoms with Crippen molar-refractivity contribution in [2.24, 2.45) is 11.7 Å². The molecule has 5 N–H and O–H groups in total. The van der Waals surface area contributed by atoms with Gasteiger partial charge in [0.05, 0.1) is 0 Å². The Morgan fingerprint density at radius 1 is 1.15 bits per heavy atom. The molecule has 1 aliphatic heterocycles. The van der Waals surface area contributed by atoms with Crippen molar-refractivity contribution in [2.75, 3.05) is 19.6 Å². The zero-order valence-corrected chi connectivity index (χ0v) is 15.0. The van der Waals surface area contributed by atoms with E-state index in [0.717, 1.165) is 35.0 Å². The quantitative estimate of drug-likeness (QED) is 0.560. The van der Waals surface area contributed by atoms with Crippen LogP contribution < -0.4 is 16.4 Å². The molecule has 4 rings (SSSR count). The van der Waals surface area contributed by atoms with Crippen molar-refractivity contribution in [3.63, 3.8) is 0 Å². The number of benzene rings is 2. The van der Waals surface area contributed by atoms with E-state index in [1.165, 1.54) is 12.1 Å². The number of carbonyl (C=O) groups is 1. The van der Waals surface area contributed by atoms with E-state index in [2.05, 4.69) is 15.6 Å². The van der Waals surface area contributed by atoms with Crippen LogP contribution in [0.1, 0.15) is 16.9 Å². The molecule has 1 saturated heterocycles. The Hall–Kier alpha value is -2.70. The number of nitrogens with one attached hydrogen (secondary N) is 3. The molecule has 2 atom stereocenters. The average molecular weight is 366 g/mol. The number of amides is 1. The fourth-order valence-corrected chi connectivity index (χ4v) is 3.62. The minimum atomic E-state index is -0.256. The molecule has 1 fully saturated rings.